The number of carbonyl (C=O) groups excluding carboxylic acids is 1. The zero-order chi connectivity index (χ0) is 12.0. The van der Waals surface area contributed by atoms with Crippen molar-refractivity contribution in [2.75, 3.05) is 6.61 Å². The summed E-state index contributed by atoms with van der Waals surface area (Å²) in [6.07, 6.45) is 0.909. The largest absolute Gasteiger partial charge is 0.462 e. The summed E-state index contributed by atoms with van der Waals surface area (Å²) in [5.41, 5.74) is 0.578. The number of rotatable bonds is 5. The minimum absolute atomic E-state index is 0.0773. The lowest BCUT2D eigenvalue weighted by molar-refractivity contribution is 0.0526. The molecule has 1 aromatic carbocycles. The van der Waals surface area contributed by atoms with E-state index in [1.807, 2.05) is 19.1 Å². The highest BCUT2D eigenvalue weighted by molar-refractivity contribution is 8.01. The molecule has 0 spiro atoms. The van der Waals surface area contributed by atoms with Gasteiger partial charge in [0.1, 0.15) is 0 Å². The van der Waals surface area contributed by atoms with Gasteiger partial charge in [0.15, 0.2) is 0 Å². The van der Waals surface area contributed by atoms with E-state index in [0.29, 0.717) is 12.2 Å². The Balaban J connectivity index is 2.64. The molecule has 0 heterocycles. The molecule has 16 heavy (non-hydrogen) atoms. The fraction of sp³-hybridized carbons (Fsp3) is 0.417. The number of hydrogen-bond donors (Lipinski definition) is 0. The van der Waals surface area contributed by atoms with Crippen LogP contribution in [0.3, 0.4) is 0 Å². The number of halogens is 1. The zero-order valence-corrected chi connectivity index (χ0v) is 11.0. The van der Waals surface area contributed by atoms with Crippen LogP contribution < -0.4 is 0 Å². The fourth-order valence-corrected chi connectivity index (χ4v) is 2.18. The Morgan fingerprint density at radius 1 is 1.38 bits per heavy atom. The summed E-state index contributed by atoms with van der Waals surface area (Å²) < 4.78 is 4.98. The first-order chi connectivity index (χ1) is 7.67. The Morgan fingerprint density at radius 3 is 2.50 bits per heavy atom. The predicted octanol–water partition coefficient (Wildman–Crippen LogP) is 3.93. The van der Waals surface area contributed by atoms with Crippen LogP contribution in [0.1, 0.15) is 30.6 Å². The van der Waals surface area contributed by atoms with Gasteiger partial charge in [0, 0.05) is 4.90 Å². The van der Waals surface area contributed by atoms with Gasteiger partial charge in [0.25, 0.3) is 0 Å². The number of esters is 1. The van der Waals surface area contributed by atoms with Crippen molar-refractivity contribution in [3.63, 3.8) is 0 Å². The van der Waals surface area contributed by atoms with E-state index in [2.05, 4.69) is 0 Å². The van der Waals surface area contributed by atoms with Gasteiger partial charge in [-0.15, -0.1) is 23.4 Å². The van der Waals surface area contributed by atoms with Crippen molar-refractivity contribution in [3.8, 4) is 0 Å². The van der Waals surface area contributed by atoms with Gasteiger partial charge in [-0.3, -0.25) is 0 Å². The standard InChI is InChI=1S/C12H15ClO2S/c1-3-11(13)16-10-7-5-9(6-8-10)12(14)15-4-2/h5-8,11H,3-4H2,1-2H3. The molecular weight excluding hydrogens is 244 g/mol. The Labute approximate surface area is 105 Å². The Hall–Kier alpha value is -0.670. The second-order valence-corrected chi connectivity index (χ2v) is 5.24. The maximum absolute atomic E-state index is 11.4. The summed E-state index contributed by atoms with van der Waals surface area (Å²) in [5, 5.41) is 0. The molecule has 0 fully saturated rings. The third kappa shape index (κ3) is 4.06. The van der Waals surface area contributed by atoms with E-state index < -0.39 is 0 Å². The zero-order valence-electron chi connectivity index (χ0n) is 9.40. The van der Waals surface area contributed by atoms with Crippen molar-refractivity contribution in [1.29, 1.82) is 0 Å². The Bertz CT molecular complexity index is 337. The lowest BCUT2D eigenvalue weighted by Gasteiger charge is -2.06. The van der Waals surface area contributed by atoms with Crippen molar-refractivity contribution in [2.24, 2.45) is 0 Å². The molecule has 2 nitrogen and oxygen atoms in total. The first kappa shape index (κ1) is 13.4. The smallest absolute Gasteiger partial charge is 0.338 e. The number of benzene rings is 1. The van der Waals surface area contributed by atoms with Gasteiger partial charge in [-0.2, -0.15) is 0 Å². The molecule has 88 valence electrons. The third-order valence-electron chi connectivity index (χ3n) is 1.95. The second kappa shape index (κ2) is 6.81. The number of hydrogen-bond acceptors (Lipinski definition) is 3. The number of carbonyl (C=O) groups is 1. The molecule has 1 unspecified atom stereocenters. The highest BCUT2D eigenvalue weighted by Gasteiger charge is 2.07. The van der Waals surface area contributed by atoms with Crippen LogP contribution in [0.2, 0.25) is 0 Å². The van der Waals surface area contributed by atoms with Crippen LogP contribution in [-0.2, 0) is 4.74 Å². The first-order valence-corrected chi connectivity index (χ1v) is 6.56. The van der Waals surface area contributed by atoms with Gasteiger partial charge in [0.05, 0.1) is 16.9 Å². The molecule has 0 aliphatic carbocycles. The summed E-state index contributed by atoms with van der Waals surface area (Å²) in [6, 6.07) is 7.31. The van der Waals surface area contributed by atoms with Crippen LogP contribution in [0.25, 0.3) is 0 Å². The number of ether oxygens (including phenoxy) is 1. The molecule has 4 heteroatoms. The van der Waals surface area contributed by atoms with Crippen LogP contribution in [0.4, 0.5) is 0 Å². The molecule has 1 aromatic rings. The third-order valence-corrected chi connectivity index (χ3v) is 3.66. The molecule has 1 rings (SSSR count). The highest BCUT2D eigenvalue weighted by Crippen LogP contribution is 2.27. The normalized spacial score (nSPS) is 12.2. The van der Waals surface area contributed by atoms with Crippen molar-refractivity contribution < 1.29 is 9.53 Å². The molecule has 1 atom stereocenters. The molecule has 0 saturated heterocycles. The fourth-order valence-electron chi connectivity index (χ4n) is 1.12. The van der Waals surface area contributed by atoms with Gasteiger partial charge in [-0.25, -0.2) is 4.79 Å². The lowest BCUT2D eigenvalue weighted by Crippen LogP contribution is -2.04. The summed E-state index contributed by atoms with van der Waals surface area (Å²) in [5.74, 6) is -0.281. The van der Waals surface area contributed by atoms with Crippen molar-refractivity contribution >= 4 is 29.3 Å². The maximum Gasteiger partial charge on any atom is 0.338 e. The summed E-state index contributed by atoms with van der Waals surface area (Å²) >= 11 is 7.61. The van der Waals surface area contributed by atoms with Crippen molar-refractivity contribution in [3.05, 3.63) is 29.8 Å². The molecular formula is C12H15ClO2S. The van der Waals surface area contributed by atoms with E-state index in [1.165, 1.54) is 0 Å². The second-order valence-electron chi connectivity index (χ2n) is 3.18. The van der Waals surface area contributed by atoms with Crippen LogP contribution in [-0.4, -0.2) is 17.3 Å². The summed E-state index contributed by atoms with van der Waals surface area (Å²) in [6.45, 7) is 4.23. The van der Waals surface area contributed by atoms with Gasteiger partial charge < -0.3 is 4.74 Å². The molecule has 0 aliphatic rings. The van der Waals surface area contributed by atoms with Gasteiger partial charge in [0.2, 0.25) is 0 Å². The minimum atomic E-state index is -0.281. The van der Waals surface area contributed by atoms with Gasteiger partial charge in [-0.05, 0) is 37.6 Å². The van der Waals surface area contributed by atoms with E-state index in [0.717, 1.165) is 11.3 Å². The Kier molecular flexibility index (Phi) is 5.71. The van der Waals surface area contributed by atoms with Crippen LogP contribution in [0.5, 0.6) is 0 Å². The van der Waals surface area contributed by atoms with Gasteiger partial charge >= 0.3 is 5.97 Å². The lowest BCUT2D eigenvalue weighted by atomic mass is 10.2. The highest BCUT2D eigenvalue weighted by atomic mass is 35.5. The molecule has 0 N–H and O–H groups in total. The van der Waals surface area contributed by atoms with E-state index >= 15 is 0 Å². The van der Waals surface area contributed by atoms with Gasteiger partial charge in [-0.1, -0.05) is 6.92 Å². The van der Waals surface area contributed by atoms with E-state index in [-0.39, 0.29) is 10.7 Å². The predicted molar refractivity (Wildman–Crippen MR) is 68.2 cm³/mol. The van der Waals surface area contributed by atoms with E-state index in [9.17, 15) is 4.79 Å². The minimum Gasteiger partial charge on any atom is -0.462 e. The number of alkyl halides is 1. The van der Waals surface area contributed by atoms with Crippen LogP contribution in [0, 0.1) is 0 Å². The summed E-state index contributed by atoms with van der Waals surface area (Å²) in [4.78, 5) is 12.4. The van der Waals surface area contributed by atoms with E-state index in [4.69, 9.17) is 16.3 Å². The average molecular weight is 259 g/mol. The average Bonchev–Trinajstić information content (AvgIpc) is 2.30. The first-order valence-electron chi connectivity index (χ1n) is 5.25. The van der Waals surface area contributed by atoms with E-state index in [1.54, 1.807) is 30.8 Å². The quantitative estimate of drug-likeness (QED) is 0.455. The molecule has 0 amide bonds. The SMILES string of the molecule is CCOC(=O)c1ccc(SC(Cl)CC)cc1. The topological polar surface area (TPSA) is 26.3 Å². The molecule has 0 radical (unpaired) electrons. The molecule has 0 bridgehead atoms. The Morgan fingerprint density at radius 2 is 2.00 bits per heavy atom. The van der Waals surface area contributed by atoms with Crippen LogP contribution in [0.15, 0.2) is 29.2 Å². The monoisotopic (exact) mass is 258 g/mol. The molecule has 0 aliphatic heterocycles. The van der Waals surface area contributed by atoms with Crippen molar-refractivity contribution in [2.45, 2.75) is 29.9 Å². The summed E-state index contributed by atoms with van der Waals surface area (Å²) in [7, 11) is 0. The number of thioether (sulfide) groups is 1. The maximum atomic E-state index is 11.4. The van der Waals surface area contributed by atoms with Crippen LogP contribution >= 0.6 is 23.4 Å². The molecule has 0 saturated carbocycles. The van der Waals surface area contributed by atoms with Crippen molar-refractivity contribution in [1.82, 2.24) is 0 Å². The molecule has 0 aromatic heterocycles.